The zero-order valence-electron chi connectivity index (χ0n) is 16.8. The Bertz CT molecular complexity index is 777. The molecule has 2 unspecified atom stereocenters. The average molecular weight is 375 g/mol. The second-order valence-electron chi connectivity index (χ2n) is 8.13. The minimum absolute atomic E-state index is 0.360. The molecule has 0 aliphatic rings. The molecule has 2 atom stereocenters. The monoisotopic (exact) mass is 374 g/mol. The van der Waals surface area contributed by atoms with E-state index in [1.54, 1.807) is 0 Å². The van der Waals surface area contributed by atoms with E-state index in [-0.39, 0.29) is 0 Å². The van der Waals surface area contributed by atoms with Gasteiger partial charge in [0.25, 0.3) is 0 Å². The zero-order valence-corrected chi connectivity index (χ0v) is 17.8. The molecular weight excluding hydrogens is 344 g/mol. The van der Waals surface area contributed by atoms with E-state index < -0.39 is 8.07 Å². The van der Waals surface area contributed by atoms with Crippen molar-refractivity contribution >= 4 is 13.3 Å². The molecule has 0 amide bonds. The topological polar surface area (TPSA) is 16.1 Å². The number of hydrogen-bond acceptors (Lipinski definition) is 2. The highest BCUT2D eigenvalue weighted by Crippen LogP contribution is 2.42. The molecule has 3 rings (SSSR count). The highest BCUT2D eigenvalue weighted by molar-refractivity contribution is 6.91. The first-order chi connectivity index (χ1) is 13.0. The second kappa shape index (κ2) is 8.64. The summed E-state index contributed by atoms with van der Waals surface area (Å²) in [6.07, 6.45) is 3.85. The van der Waals surface area contributed by atoms with Gasteiger partial charge in [-0.2, -0.15) is 0 Å². The summed E-state index contributed by atoms with van der Waals surface area (Å²) < 4.78 is 0. The normalized spacial score (nSPS) is 14.1. The second-order valence-corrected chi connectivity index (χ2v) is 12.9. The molecule has 0 bridgehead atoms. The van der Waals surface area contributed by atoms with Crippen LogP contribution in [0.1, 0.15) is 17.0 Å². The molecule has 3 heteroatoms. The summed E-state index contributed by atoms with van der Waals surface area (Å²) in [5, 5.41) is 1.52. The SMILES string of the molecule is CN(C)CC(C(c1ccccc1)c1ccncc1)[Si](C)(C)c1ccccc1. The maximum atomic E-state index is 4.26. The van der Waals surface area contributed by atoms with Crippen molar-refractivity contribution in [2.45, 2.75) is 24.6 Å². The Balaban J connectivity index is 2.14. The Labute approximate surface area is 164 Å². The van der Waals surface area contributed by atoms with E-state index in [0.29, 0.717) is 11.5 Å². The lowest BCUT2D eigenvalue weighted by Crippen LogP contribution is -2.51. The maximum absolute atomic E-state index is 4.26. The third kappa shape index (κ3) is 4.55. The van der Waals surface area contributed by atoms with Gasteiger partial charge in [0.05, 0.1) is 8.07 Å². The van der Waals surface area contributed by atoms with Crippen molar-refractivity contribution in [3.63, 3.8) is 0 Å². The van der Waals surface area contributed by atoms with Gasteiger partial charge < -0.3 is 4.90 Å². The highest BCUT2D eigenvalue weighted by Gasteiger charge is 2.40. The first-order valence-electron chi connectivity index (χ1n) is 9.65. The van der Waals surface area contributed by atoms with E-state index in [1.807, 2.05) is 12.4 Å². The summed E-state index contributed by atoms with van der Waals surface area (Å²) in [7, 11) is 2.62. The number of aromatic nitrogens is 1. The predicted molar refractivity (Wildman–Crippen MR) is 118 cm³/mol. The number of pyridine rings is 1. The third-order valence-electron chi connectivity index (χ3n) is 5.63. The summed E-state index contributed by atoms with van der Waals surface area (Å²) in [5.41, 5.74) is 3.30. The van der Waals surface area contributed by atoms with Crippen molar-refractivity contribution in [1.29, 1.82) is 0 Å². The molecule has 0 aliphatic heterocycles. The van der Waals surface area contributed by atoms with Gasteiger partial charge in [-0.3, -0.25) is 4.98 Å². The summed E-state index contributed by atoms with van der Waals surface area (Å²) >= 11 is 0. The standard InChI is InChI=1S/C24H30N2Si/c1-26(2)19-23(27(3,4)22-13-9-6-10-14-22)24(20-11-7-5-8-12-20)21-15-17-25-18-16-21/h5-18,23-24H,19H2,1-4H3. The van der Waals surface area contributed by atoms with Gasteiger partial charge in [0, 0.05) is 18.3 Å². The molecule has 2 aromatic carbocycles. The van der Waals surface area contributed by atoms with Crippen LogP contribution in [0.2, 0.25) is 18.6 Å². The van der Waals surface area contributed by atoms with Crippen molar-refractivity contribution in [1.82, 2.24) is 9.88 Å². The largest absolute Gasteiger partial charge is 0.309 e. The van der Waals surface area contributed by atoms with Gasteiger partial charge in [0.1, 0.15) is 0 Å². The molecule has 0 saturated carbocycles. The number of benzene rings is 2. The molecule has 0 radical (unpaired) electrons. The summed E-state index contributed by atoms with van der Waals surface area (Å²) in [6.45, 7) is 6.11. The van der Waals surface area contributed by atoms with Crippen LogP contribution in [0.15, 0.2) is 85.2 Å². The molecule has 0 saturated heterocycles. The number of rotatable bonds is 7. The van der Waals surface area contributed by atoms with Gasteiger partial charge in [-0.05, 0) is 49.4 Å². The van der Waals surface area contributed by atoms with Crippen molar-refractivity contribution in [2.75, 3.05) is 20.6 Å². The van der Waals surface area contributed by atoms with Crippen LogP contribution in [0, 0.1) is 0 Å². The zero-order chi connectivity index (χ0) is 19.3. The van der Waals surface area contributed by atoms with Crippen molar-refractivity contribution in [3.05, 3.63) is 96.3 Å². The van der Waals surface area contributed by atoms with Crippen LogP contribution in [-0.4, -0.2) is 38.6 Å². The molecule has 140 valence electrons. The lowest BCUT2D eigenvalue weighted by Gasteiger charge is -2.41. The van der Waals surface area contributed by atoms with Gasteiger partial charge in [0.2, 0.25) is 0 Å². The molecule has 0 fully saturated rings. The first kappa shape index (κ1) is 19.5. The first-order valence-corrected chi connectivity index (χ1v) is 12.7. The Morgan fingerprint density at radius 1 is 0.778 bits per heavy atom. The third-order valence-corrected chi connectivity index (χ3v) is 9.82. The fourth-order valence-corrected chi connectivity index (χ4v) is 7.63. The summed E-state index contributed by atoms with van der Waals surface area (Å²) in [5.74, 6) is 0.360. The van der Waals surface area contributed by atoms with Crippen molar-refractivity contribution in [2.24, 2.45) is 0 Å². The van der Waals surface area contributed by atoms with Crippen LogP contribution < -0.4 is 5.19 Å². The molecule has 3 aromatic rings. The molecule has 1 heterocycles. The number of nitrogens with zero attached hydrogens (tertiary/aromatic N) is 2. The van der Waals surface area contributed by atoms with E-state index >= 15 is 0 Å². The van der Waals surface area contributed by atoms with Crippen molar-refractivity contribution < 1.29 is 0 Å². The Morgan fingerprint density at radius 2 is 1.30 bits per heavy atom. The lowest BCUT2D eigenvalue weighted by molar-refractivity contribution is 0.386. The maximum Gasteiger partial charge on any atom is 0.0858 e. The minimum atomic E-state index is -1.76. The molecule has 27 heavy (non-hydrogen) atoms. The lowest BCUT2D eigenvalue weighted by atomic mass is 9.88. The van der Waals surface area contributed by atoms with Crippen LogP contribution >= 0.6 is 0 Å². The van der Waals surface area contributed by atoms with Gasteiger partial charge in [0.15, 0.2) is 0 Å². The molecule has 0 spiro atoms. The average Bonchev–Trinajstić information content (AvgIpc) is 2.69. The van der Waals surface area contributed by atoms with E-state index in [0.717, 1.165) is 6.54 Å². The minimum Gasteiger partial charge on any atom is -0.309 e. The molecule has 1 aromatic heterocycles. The summed E-state index contributed by atoms with van der Waals surface area (Å²) in [4.78, 5) is 6.61. The van der Waals surface area contributed by atoms with Crippen LogP contribution in [0.5, 0.6) is 0 Å². The van der Waals surface area contributed by atoms with Gasteiger partial charge in [-0.15, -0.1) is 0 Å². The van der Waals surface area contributed by atoms with E-state index in [9.17, 15) is 0 Å². The van der Waals surface area contributed by atoms with Crippen LogP contribution in [0.4, 0.5) is 0 Å². The quantitative estimate of drug-likeness (QED) is 0.554. The molecule has 2 nitrogen and oxygen atoms in total. The smallest absolute Gasteiger partial charge is 0.0858 e. The predicted octanol–water partition coefficient (Wildman–Crippen LogP) is 4.76. The van der Waals surface area contributed by atoms with Gasteiger partial charge in [-0.1, -0.05) is 78.9 Å². The van der Waals surface area contributed by atoms with E-state index in [4.69, 9.17) is 0 Å². The molecule has 0 aliphatic carbocycles. The Hall–Kier alpha value is -2.23. The number of hydrogen-bond donors (Lipinski definition) is 0. The molecular formula is C24H30N2Si. The van der Waals surface area contributed by atoms with Crippen molar-refractivity contribution in [3.8, 4) is 0 Å². The molecule has 0 N–H and O–H groups in total. The fourth-order valence-electron chi connectivity index (χ4n) is 4.11. The van der Waals surface area contributed by atoms with Crippen LogP contribution in [-0.2, 0) is 0 Å². The fraction of sp³-hybridized carbons (Fsp3) is 0.292. The van der Waals surface area contributed by atoms with Gasteiger partial charge in [-0.25, -0.2) is 0 Å². The van der Waals surface area contributed by atoms with E-state index in [2.05, 4.69) is 110 Å². The van der Waals surface area contributed by atoms with Crippen LogP contribution in [0.3, 0.4) is 0 Å². The van der Waals surface area contributed by atoms with E-state index in [1.165, 1.54) is 16.3 Å². The highest BCUT2D eigenvalue weighted by atomic mass is 28.3. The Morgan fingerprint density at radius 3 is 1.85 bits per heavy atom. The summed E-state index contributed by atoms with van der Waals surface area (Å²) in [6, 6.07) is 26.5. The van der Waals surface area contributed by atoms with Crippen LogP contribution in [0.25, 0.3) is 0 Å². The Kier molecular flexibility index (Phi) is 6.25. The van der Waals surface area contributed by atoms with Gasteiger partial charge >= 0.3 is 0 Å².